The molecule has 0 amide bonds. The number of carbonyl (C=O) groups excluding carboxylic acids is 1. The molecule has 4 rings (SSSR count). The predicted octanol–water partition coefficient (Wildman–Crippen LogP) is 6.74. The van der Waals surface area contributed by atoms with E-state index in [0.29, 0.717) is 6.42 Å². The number of hydrogen-bond donors (Lipinski definition) is 0. The zero-order valence-corrected chi connectivity index (χ0v) is 23.0. The second-order valence-corrected chi connectivity index (χ2v) is 9.24. The van der Waals surface area contributed by atoms with Gasteiger partial charge in [-0.25, -0.2) is 4.79 Å². The number of pyridine rings is 1. The van der Waals surface area contributed by atoms with Crippen LogP contribution in [-0.2, 0) is 22.6 Å². The molecule has 1 aromatic heterocycles. The molecule has 0 spiro atoms. The van der Waals surface area contributed by atoms with Crippen molar-refractivity contribution in [2.24, 2.45) is 0 Å². The maximum Gasteiger partial charge on any atom is 0.328 e. The molecule has 0 aliphatic rings. The van der Waals surface area contributed by atoms with Gasteiger partial charge in [-0.15, -0.1) is 0 Å². The van der Waals surface area contributed by atoms with E-state index in [1.807, 2.05) is 66.7 Å². The van der Waals surface area contributed by atoms with E-state index in [1.54, 1.807) is 6.92 Å². The molecule has 3 aromatic carbocycles. The molecule has 0 bridgehead atoms. The molecule has 1 heterocycles. The highest BCUT2D eigenvalue weighted by Crippen LogP contribution is 2.38. The summed E-state index contributed by atoms with van der Waals surface area (Å²) in [5, 5.41) is 9.37. The number of nitriles is 1. The summed E-state index contributed by atoms with van der Waals surface area (Å²) in [6.07, 6.45) is 0.512. The first-order valence-electron chi connectivity index (χ1n) is 13.2. The molecule has 216 valence electrons. The summed E-state index contributed by atoms with van der Waals surface area (Å²) in [5.41, 5.74) is 1.02. The quantitative estimate of drug-likeness (QED) is 0.137. The first-order chi connectivity index (χ1) is 20.3. The minimum Gasteiger partial charge on any atom is -0.485 e. The number of ether oxygens (including phenoxy) is 3. The third-order valence-corrected chi connectivity index (χ3v) is 6.43. The van der Waals surface area contributed by atoms with Crippen LogP contribution in [0, 0.1) is 28.9 Å². The minimum absolute atomic E-state index is 0.0412. The molecular formula is C32H28F3N3O4. The van der Waals surface area contributed by atoms with Crippen LogP contribution in [0.3, 0.4) is 0 Å². The third kappa shape index (κ3) is 7.18. The van der Waals surface area contributed by atoms with Crippen LogP contribution in [0.4, 0.5) is 18.9 Å². The Morgan fingerprint density at radius 1 is 0.952 bits per heavy atom. The van der Waals surface area contributed by atoms with E-state index in [-0.39, 0.29) is 36.7 Å². The van der Waals surface area contributed by atoms with Crippen LogP contribution in [0.5, 0.6) is 17.4 Å². The smallest absolute Gasteiger partial charge is 0.328 e. The van der Waals surface area contributed by atoms with E-state index in [0.717, 1.165) is 16.0 Å². The molecule has 1 unspecified atom stereocenters. The summed E-state index contributed by atoms with van der Waals surface area (Å²) >= 11 is 0. The average Bonchev–Trinajstić information content (AvgIpc) is 3.00. The first kappa shape index (κ1) is 29.9. The maximum atomic E-state index is 15.9. The van der Waals surface area contributed by atoms with Crippen molar-refractivity contribution in [3.63, 3.8) is 0 Å². The summed E-state index contributed by atoms with van der Waals surface area (Å²) < 4.78 is 62.4. The van der Waals surface area contributed by atoms with Gasteiger partial charge < -0.3 is 19.1 Å². The summed E-state index contributed by atoms with van der Waals surface area (Å²) in [4.78, 5) is 17.2. The van der Waals surface area contributed by atoms with E-state index < -0.39 is 41.2 Å². The lowest BCUT2D eigenvalue weighted by molar-refractivity contribution is -0.144. The van der Waals surface area contributed by atoms with E-state index >= 15 is 8.78 Å². The summed E-state index contributed by atoms with van der Waals surface area (Å²) in [5.74, 6) is -6.23. The van der Waals surface area contributed by atoms with E-state index in [1.165, 1.54) is 25.2 Å². The van der Waals surface area contributed by atoms with Crippen molar-refractivity contribution >= 4 is 11.7 Å². The van der Waals surface area contributed by atoms with Crippen LogP contribution in [-0.4, -0.2) is 30.6 Å². The van der Waals surface area contributed by atoms with Crippen molar-refractivity contribution in [3.05, 3.63) is 113 Å². The van der Waals surface area contributed by atoms with Gasteiger partial charge >= 0.3 is 5.97 Å². The highest BCUT2D eigenvalue weighted by atomic mass is 19.2. The number of carbonyl (C=O) groups is 1. The molecule has 42 heavy (non-hydrogen) atoms. The number of hydrogen-bond acceptors (Lipinski definition) is 7. The molecular weight excluding hydrogens is 547 g/mol. The van der Waals surface area contributed by atoms with Crippen molar-refractivity contribution in [2.75, 3.05) is 18.6 Å². The first-order valence-corrected chi connectivity index (χ1v) is 13.2. The average molecular weight is 576 g/mol. The van der Waals surface area contributed by atoms with Crippen LogP contribution in [0.2, 0.25) is 0 Å². The number of esters is 1. The number of nitrogens with zero attached hydrogens (tertiary/aromatic N) is 3. The number of benzene rings is 3. The molecule has 4 aromatic rings. The number of halogens is 3. The Morgan fingerprint density at radius 2 is 1.62 bits per heavy atom. The van der Waals surface area contributed by atoms with Gasteiger partial charge in [0.15, 0.2) is 11.5 Å². The number of aromatic nitrogens is 1. The highest BCUT2D eigenvalue weighted by Gasteiger charge is 2.32. The Hall–Kier alpha value is -5.04. The molecule has 0 saturated heterocycles. The van der Waals surface area contributed by atoms with Crippen LogP contribution < -0.4 is 14.4 Å². The van der Waals surface area contributed by atoms with Gasteiger partial charge in [-0.3, -0.25) is 0 Å². The van der Waals surface area contributed by atoms with Gasteiger partial charge in [0, 0.05) is 13.1 Å². The van der Waals surface area contributed by atoms with Crippen LogP contribution in [0.1, 0.15) is 30.0 Å². The molecule has 0 aliphatic heterocycles. The van der Waals surface area contributed by atoms with E-state index in [4.69, 9.17) is 14.2 Å². The van der Waals surface area contributed by atoms with Crippen LogP contribution in [0.15, 0.2) is 78.9 Å². The van der Waals surface area contributed by atoms with Gasteiger partial charge in [0.25, 0.3) is 11.8 Å². The fourth-order valence-electron chi connectivity index (χ4n) is 4.29. The summed E-state index contributed by atoms with van der Waals surface area (Å²) in [6, 6.07) is 23.4. The minimum atomic E-state index is -1.64. The van der Waals surface area contributed by atoms with Crippen molar-refractivity contribution in [1.29, 1.82) is 5.26 Å². The Kier molecular flexibility index (Phi) is 10.0. The standard InChI is InChI=1S/C32H28F3N3O4/c1-3-40-32(39)24(16-14-21-10-6-4-7-11-21)38(2)29-27(33)30(35)37-31(28(29)34)42-26-18-23(19-36)15-17-25(26)41-20-22-12-8-5-9-13-22/h4-13,15,17-18,24H,3,14,16,20H2,1-2H3. The van der Waals surface area contributed by atoms with Crippen LogP contribution >= 0.6 is 0 Å². The summed E-state index contributed by atoms with van der Waals surface area (Å²) in [7, 11) is 1.27. The molecule has 0 saturated carbocycles. The van der Waals surface area contributed by atoms with Gasteiger partial charge in [-0.1, -0.05) is 60.7 Å². The topological polar surface area (TPSA) is 84.7 Å². The lowest BCUT2D eigenvalue weighted by Gasteiger charge is -2.29. The second kappa shape index (κ2) is 14.0. The zero-order valence-electron chi connectivity index (χ0n) is 23.0. The third-order valence-electron chi connectivity index (χ3n) is 6.43. The highest BCUT2D eigenvalue weighted by molar-refractivity contribution is 5.80. The lowest BCUT2D eigenvalue weighted by atomic mass is 10.0. The molecule has 0 aliphatic carbocycles. The van der Waals surface area contributed by atoms with Crippen LogP contribution in [0.25, 0.3) is 0 Å². The van der Waals surface area contributed by atoms with Gasteiger partial charge in [-0.2, -0.15) is 23.4 Å². The number of aryl methyl sites for hydroxylation is 1. The molecule has 0 N–H and O–H groups in total. The van der Waals surface area contributed by atoms with Gasteiger partial charge in [0.2, 0.25) is 11.6 Å². The Labute approximate surface area is 241 Å². The maximum absolute atomic E-state index is 15.9. The van der Waals surface area contributed by atoms with Gasteiger partial charge in [0.1, 0.15) is 18.3 Å². The fourth-order valence-corrected chi connectivity index (χ4v) is 4.29. The van der Waals surface area contributed by atoms with Gasteiger partial charge in [-0.05, 0) is 43.0 Å². The zero-order chi connectivity index (χ0) is 30.1. The molecule has 1 atom stereocenters. The normalized spacial score (nSPS) is 11.3. The largest absolute Gasteiger partial charge is 0.485 e. The molecule has 0 radical (unpaired) electrons. The molecule has 10 heteroatoms. The van der Waals surface area contributed by atoms with Crippen molar-refractivity contribution < 1.29 is 32.2 Å². The number of anilines is 1. The predicted molar refractivity (Wildman–Crippen MR) is 150 cm³/mol. The Morgan fingerprint density at radius 3 is 2.26 bits per heavy atom. The van der Waals surface area contributed by atoms with E-state index in [9.17, 15) is 14.4 Å². The van der Waals surface area contributed by atoms with Gasteiger partial charge in [0.05, 0.1) is 18.2 Å². The molecule has 7 nitrogen and oxygen atoms in total. The Bertz CT molecular complexity index is 1560. The lowest BCUT2D eigenvalue weighted by Crippen LogP contribution is -2.41. The number of likely N-dealkylation sites (N-methyl/N-ethyl adjacent to an activating group) is 1. The summed E-state index contributed by atoms with van der Waals surface area (Å²) in [6.45, 7) is 1.77. The fraction of sp³-hybridized carbons (Fsp3) is 0.219. The van der Waals surface area contributed by atoms with Crippen molar-refractivity contribution in [2.45, 2.75) is 32.4 Å². The molecule has 0 fully saturated rings. The monoisotopic (exact) mass is 575 g/mol. The van der Waals surface area contributed by atoms with Crippen molar-refractivity contribution in [1.82, 2.24) is 4.98 Å². The van der Waals surface area contributed by atoms with E-state index in [2.05, 4.69) is 4.98 Å². The number of rotatable bonds is 12. The Balaban J connectivity index is 1.67. The second-order valence-electron chi connectivity index (χ2n) is 9.24. The SMILES string of the molecule is CCOC(=O)C(CCc1ccccc1)N(C)c1c(F)c(F)nc(Oc2cc(C#N)ccc2OCc2ccccc2)c1F. The van der Waals surface area contributed by atoms with Crippen molar-refractivity contribution in [3.8, 4) is 23.4 Å².